The van der Waals surface area contributed by atoms with Crippen LogP contribution < -0.4 is 0 Å². The van der Waals surface area contributed by atoms with E-state index < -0.39 is 0 Å². The van der Waals surface area contributed by atoms with Gasteiger partial charge in [-0.2, -0.15) is 0 Å². The maximum Gasteiger partial charge on any atom is 0 e. The van der Waals surface area contributed by atoms with Gasteiger partial charge in [-0.25, -0.2) is 0 Å². The summed E-state index contributed by atoms with van der Waals surface area (Å²) >= 11 is 0. The van der Waals surface area contributed by atoms with Gasteiger partial charge in [-0.1, -0.05) is 0 Å². The van der Waals surface area contributed by atoms with E-state index in [0.29, 0.717) is 0 Å². The Kier molecular flexibility index (Phi) is 1550. The Balaban J connectivity index is -0.0000000133. The predicted octanol–water partition coefficient (Wildman–Crippen LogP) is 0.190. The smallest absolute Gasteiger partial charge is 0 e. The molecule has 0 unspecified atom stereocenters. The average Bonchev–Trinajstić information content (AvgIpc) is 1.50. The second kappa shape index (κ2) is 352. The molecule has 0 spiro atoms. The number of hydrogen-bond acceptors (Lipinski definition) is 2. The molecule has 2 nitrogen and oxygen atoms in total. The second-order valence-electron chi connectivity index (χ2n) is 0. The van der Waals surface area contributed by atoms with Crippen LogP contribution in [0.4, 0.5) is 0 Å². The van der Waals surface area contributed by atoms with Crippen molar-refractivity contribution in [2.75, 3.05) is 0 Å². The van der Waals surface area contributed by atoms with Gasteiger partial charge in [0.05, 0.1) is 0 Å². The van der Waals surface area contributed by atoms with Gasteiger partial charge in [-0.15, -0.1) is 0 Å². The molecule has 3 heteroatoms. The van der Waals surface area contributed by atoms with Crippen LogP contribution in [-0.4, -0.2) is 0 Å². The van der Waals surface area contributed by atoms with Crippen LogP contribution in [0, 0.1) is 23.7 Å². The third-order valence-electron chi connectivity index (χ3n) is 0. The zero-order chi connectivity index (χ0) is 4.00. The first-order valence-corrected chi connectivity index (χ1v) is 0.447. The summed E-state index contributed by atoms with van der Waals surface area (Å²) in [6.45, 7) is 9.50. The van der Waals surface area contributed by atoms with Gasteiger partial charge in [-0.3, -0.25) is 0 Å². The normalized spacial score (nSPS) is 0.800. The first-order valence-electron chi connectivity index (χ1n) is 0.447. The van der Waals surface area contributed by atoms with E-state index in [0.717, 1.165) is 0 Å². The molecule has 0 heterocycles. The number of nitrogens with zero attached hydrogens (tertiary/aromatic N) is 2. The zero-order valence-corrected chi connectivity index (χ0v) is 4.36. The Morgan fingerprint density at radius 2 is 0.800 bits per heavy atom. The number of hydrogen-bond donors (Lipinski definition) is 0. The molecule has 0 aromatic rings. The van der Waals surface area contributed by atoms with Gasteiger partial charge in [-0.05, 0) is 0 Å². The Morgan fingerprint density at radius 3 is 0.800 bits per heavy atom. The molecule has 0 fully saturated rings. The fourth-order valence-electron chi connectivity index (χ4n) is 0. The van der Waals surface area contributed by atoms with Gasteiger partial charge < -0.3 is 23.7 Å². The summed E-state index contributed by atoms with van der Waals surface area (Å²) in [5, 5.41) is 12.5. The number of rotatable bonds is 0. The Morgan fingerprint density at radius 1 is 0.800 bits per heavy atom. The molecule has 0 atom stereocenters. The molecule has 0 aliphatic heterocycles. The Hall–Kier alpha value is -0.280. The molecule has 0 aliphatic carbocycles. The SMILES string of the molecule is [Au].[C-]#N.[C-]#N. The molecule has 31 valence electrons. The molecular weight excluding hydrogens is 249 g/mol. The molecule has 0 bridgehead atoms. The molecule has 5 heavy (non-hydrogen) atoms. The van der Waals surface area contributed by atoms with Crippen LogP contribution in [0.2, 0.25) is 0 Å². The van der Waals surface area contributed by atoms with Crippen LogP contribution in [0.1, 0.15) is 0 Å². The summed E-state index contributed by atoms with van der Waals surface area (Å²) < 4.78 is 0. The van der Waals surface area contributed by atoms with E-state index in [1.807, 2.05) is 0 Å². The summed E-state index contributed by atoms with van der Waals surface area (Å²) in [4.78, 5) is 0. The maximum atomic E-state index is 6.25. The molecule has 0 aromatic heterocycles. The van der Waals surface area contributed by atoms with E-state index in [1.165, 1.54) is 0 Å². The van der Waals surface area contributed by atoms with Crippen molar-refractivity contribution >= 4 is 0 Å². The molecular formula is C2AuN2-2. The van der Waals surface area contributed by atoms with Crippen LogP contribution in [-0.2, 0) is 22.4 Å². The van der Waals surface area contributed by atoms with E-state index >= 15 is 0 Å². The van der Waals surface area contributed by atoms with Crippen molar-refractivity contribution in [3.8, 4) is 0 Å². The maximum absolute atomic E-state index is 6.25. The van der Waals surface area contributed by atoms with Gasteiger partial charge in [0, 0.05) is 22.4 Å². The van der Waals surface area contributed by atoms with Crippen LogP contribution >= 0.6 is 0 Å². The van der Waals surface area contributed by atoms with Gasteiger partial charge in [0.2, 0.25) is 0 Å². The van der Waals surface area contributed by atoms with E-state index in [9.17, 15) is 0 Å². The van der Waals surface area contributed by atoms with Crippen LogP contribution in [0.3, 0.4) is 0 Å². The van der Waals surface area contributed by atoms with Crippen LogP contribution in [0.25, 0.3) is 0 Å². The molecule has 0 saturated carbocycles. The largest absolute Gasteiger partial charge is 0.512 e. The summed E-state index contributed by atoms with van der Waals surface area (Å²) in [6.07, 6.45) is 0. The van der Waals surface area contributed by atoms with Crippen molar-refractivity contribution in [1.82, 2.24) is 0 Å². The fraction of sp³-hybridized carbons (Fsp3) is 0. The molecule has 0 amide bonds. The quantitative estimate of drug-likeness (QED) is 0.454. The van der Waals surface area contributed by atoms with Crippen molar-refractivity contribution in [3.05, 3.63) is 13.1 Å². The minimum Gasteiger partial charge on any atom is -0.512 e. The summed E-state index contributed by atoms with van der Waals surface area (Å²) in [7, 11) is 0. The monoisotopic (exact) mass is 249 g/mol. The third-order valence-corrected chi connectivity index (χ3v) is 0. The predicted molar refractivity (Wildman–Crippen MR) is 9.94 cm³/mol. The van der Waals surface area contributed by atoms with Gasteiger partial charge >= 0.3 is 0 Å². The fourth-order valence-corrected chi connectivity index (χ4v) is 0. The van der Waals surface area contributed by atoms with Crippen LogP contribution in [0.5, 0.6) is 0 Å². The molecule has 0 saturated heterocycles. The van der Waals surface area contributed by atoms with Gasteiger partial charge in [0.1, 0.15) is 0 Å². The van der Waals surface area contributed by atoms with Crippen molar-refractivity contribution < 1.29 is 22.4 Å². The first-order chi connectivity index (χ1) is 2.00. The summed E-state index contributed by atoms with van der Waals surface area (Å²) in [5.41, 5.74) is 0. The van der Waals surface area contributed by atoms with E-state index in [4.69, 9.17) is 23.7 Å². The van der Waals surface area contributed by atoms with Crippen molar-refractivity contribution in [2.45, 2.75) is 0 Å². The average molecular weight is 249 g/mol. The van der Waals surface area contributed by atoms with Crippen molar-refractivity contribution in [1.29, 1.82) is 10.5 Å². The van der Waals surface area contributed by atoms with Crippen molar-refractivity contribution in [2.24, 2.45) is 0 Å². The second-order valence-corrected chi connectivity index (χ2v) is 0. The molecule has 0 aromatic carbocycles. The van der Waals surface area contributed by atoms with Crippen molar-refractivity contribution in [3.63, 3.8) is 0 Å². The Labute approximate surface area is 46.5 Å². The zero-order valence-electron chi connectivity index (χ0n) is 2.20. The van der Waals surface area contributed by atoms with Crippen LogP contribution in [0.15, 0.2) is 0 Å². The molecule has 0 N–H and O–H groups in total. The topological polar surface area (TPSA) is 47.6 Å². The first kappa shape index (κ1) is 22.1. The van der Waals surface area contributed by atoms with E-state index in [2.05, 4.69) is 0 Å². The molecule has 0 aliphatic rings. The molecule has 1 radical (unpaired) electrons. The van der Waals surface area contributed by atoms with Gasteiger partial charge in [0.25, 0.3) is 0 Å². The third kappa shape index (κ3) is 141. The van der Waals surface area contributed by atoms with E-state index in [-0.39, 0.29) is 22.4 Å². The Bertz CT molecular complexity index is 23.1. The minimum atomic E-state index is 0. The van der Waals surface area contributed by atoms with Gasteiger partial charge in [0.15, 0.2) is 0 Å². The summed E-state index contributed by atoms with van der Waals surface area (Å²) in [5.74, 6) is 0. The minimum absolute atomic E-state index is 0. The summed E-state index contributed by atoms with van der Waals surface area (Å²) in [6, 6.07) is 0. The standard InChI is InChI=1S/2CN.Au/c2*1-2;/q2*-1;. The van der Waals surface area contributed by atoms with E-state index in [1.54, 1.807) is 0 Å². The molecule has 0 rings (SSSR count).